The molecular formula is C21H19N3O4S. The van der Waals surface area contributed by atoms with Crippen molar-refractivity contribution in [2.45, 2.75) is 4.90 Å². The zero-order valence-corrected chi connectivity index (χ0v) is 16.4. The summed E-state index contributed by atoms with van der Waals surface area (Å²) < 4.78 is 32.3. The van der Waals surface area contributed by atoms with E-state index in [0.717, 1.165) is 11.3 Å². The van der Waals surface area contributed by atoms with Gasteiger partial charge in [0, 0.05) is 18.0 Å². The van der Waals surface area contributed by atoms with Gasteiger partial charge in [0.1, 0.15) is 5.75 Å². The molecule has 0 aliphatic heterocycles. The number of nitrogens with one attached hydrogen (secondary N) is 2. The van der Waals surface area contributed by atoms with Gasteiger partial charge >= 0.3 is 0 Å². The first-order valence-electron chi connectivity index (χ1n) is 8.62. The van der Waals surface area contributed by atoms with E-state index in [0.29, 0.717) is 11.4 Å². The van der Waals surface area contributed by atoms with Gasteiger partial charge < -0.3 is 10.1 Å². The monoisotopic (exact) mass is 409 g/mol. The van der Waals surface area contributed by atoms with Gasteiger partial charge in [-0.15, -0.1) is 0 Å². The minimum absolute atomic E-state index is 0.0770. The molecule has 0 saturated carbocycles. The van der Waals surface area contributed by atoms with Gasteiger partial charge in [-0.1, -0.05) is 12.1 Å². The maximum Gasteiger partial charge on any atom is 0.261 e. The number of pyridine rings is 1. The second kappa shape index (κ2) is 9.03. The first-order chi connectivity index (χ1) is 14.0. The third kappa shape index (κ3) is 5.66. The summed E-state index contributed by atoms with van der Waals surface area (Å²) >= 11 is 0. The molecule has 2 N–H and O–H groups in total. The van der Waals surface area contributed by atoms with Crippen molar-refractivity contribution in [3.63, 3.8) is 0 Å². The highest BCUT2D eigenvalue weighted by atomic mass is 32.2. The number of anilines is 2. The van der Waals surface area contributed by atoms with Crippen LogP contribution < -0.4 is 14.8 Å². The van der Waals surface area contributed by atoms with Crippen LogP contribution in [0, 0.1) is 0 Å². The van der Waals surface area contributed by atoms with Crippen LogP contribution in [0.5, 0.6) is 5.75 Å². The molecule has 2 aromatic carbocycles. The summed E-state index contributed by atoms with van der Waals surface area (Å²) in [5, 5.41) is 2.69. The molecule has 0 aliphatic rings. The summed E-state index contributed by atoms with van der Waals surface area (Å²) in [4.78, 5) is 16.0. The molecule has 148 valence electrons. The molecule has 1 heterocycles. The lowest BCUT2D eigenvalue weighted by Crippen LogP contribution is -2.13. The molecule has 1 amide bonds. The smallest absolute Gasteiger partial charge is 0.261 e. The zero-order valence-electron chi connectivity index (χ0n) is 15.6. The molecule has 3 rings (SSSR count). The molecule has 0 bridgehead atoms. The molecule has 0 atom stereocenters. The molecular weight excluding hydrogens is 390 g/mol. The molecule has 0 fully saturated rings. The maximum atomic E-state index is 12.4. The van der Waals surface area contributed by atoms with Crippen molar-refractivity contribution < 1.29 is 17.9 Å². The summed E-state index contributed by atoms with van der Waals surface area (Å²) in [5.41, 5.74) is 1.70. The minimum atomic E-state index is -3.74. The molecule has 0 aliphatic carbocycles. The highest BCUT2D eigenvalue weighted by Crippen LogP contribution is 2.18. The lowest BCUT2D eigenvalue weighted by atomic mass is 10.2. The van der Waals surface area contributed by atoms with Crippen molar-refractivity contribution in [3.05, 3.63) is 84.7 Å². The van der Waals surface area contributed by atoms with E-state index in [9.17, 15) is 13.2 Å². The number of rotatable bonds is 7. The number of sulfonamides is 1. The van der Waals surface area contributed by atoms with Gasteiger partial charge in [-0.2, -0.15) is 0 Å². The van der Waals surface area contributed by atoms with Gasteiger partial charge in [-0.05, 0) is 60.2 Å². The van der Waals surface area contributed by atoms with E-state index in [4.69, 9.17) is 4.74 Å². The number of carbonyl (C=O) groups is 1. The number of benzene rings is 2. The molecule has 0 spiro atoms. The molecule has 1 aromatic heterocycles. The minimum Gasteiger partial charge on any atom is -0.497 e. The summed E-state index contributed by atoms with van der Waals surface area (Å²) in [6.45, 7) is 0. The summed E-state index contributed by atoms with van der Waals surface area (Å²) in [5.74, 6) is 0.407. The Morgan fingerprint density at radius 2 is 1.72 bits per heavy atom. The predicted molar refractivity (Wildman–Crippen MR) is 112 cm³/mol. The first-order valence-corrected chi connectivity index (χ1v) is 10.1. The Labute approximate surface area is 169 Å². The number of aromatic nitrogens is 1. The van der Waals surface area contributed by atoms with Crippen LogP contribution in [0.2, 0.25) is 0 Å². The number of methoxy groups -OCH3 is 1. The van der Waals surface area contributed by atoms with Gasteiger partial charge in [-0.25, -0.2) is 8.42 Å². The molecule has 0 unspecified atom stereocenters. The summed E-state index contributed by atoms with van der Waals surface area (Å²) in [6.07, 6.45) is 6.04. The van der Waals surface area contributed by atoms with E-state index in [1.54, 1.807) is 43.6 Å². The Bertz CT molecular complexity index is 1090. The van der Waals surface area contributed by atoms with E-state index in [1.807, 2.05) is 12.1 Å². The Kier molecular flexibility index (Phi) is 6.25. The topological polar surface area (TPSA) is 97.4 Å². The van der Waals surface area contributed by atoms with Crippen LogP contribution in [0.15, 0.2) is 84.0 Å². The van der Waals surface area contributed by atoms with Gasteiger partial charge in [0.05, 0.1) is 23.9 Å². The van der Waals surface area contributed by atoms with Gasteiger partial charge in [0.25, 0.3) is 10.0 Å². The van der Waals surface area contributed by atoms with Crippen molar-refractivity contribution >= 4 is 33.4 Å². The SMILES string of the molecule is COc1ccc(/C=C/C(=O)Nc2ccc(S(=O)(=O)Nc3cccnc3)cc2)cc1. The number of amides is 1. The number of nitrogens with zero attached hydrogens (tertiary/aromatic N) is 1. The predicted octanol–water partition coefficient (Wildman–Crippen LogP) is 3.54. The van der Waals surface area contributed by atoms with Crippen LogP contribution in [0.1, 0.15) is 5.56 Å². The zero-order chi connectivity index (χ0) is 20.7. The fraction of sp³-hybridized carbons (Fsp3) is 0.0476. The highest BCUT2D eigenvalue weighted by Gasteiger charge is 2.14. The van der Waals surface area contributed by atoms with Crippen molar-refractivity contribution in [2.75, 3.05) is 17.1 Å². The van der Waals surface area contributed by atoms with Crippen molar-refractivity contribution in [3.8, 4) is 5.75 Å². The van der Waals surface area contributed by atoms with Crippen LogP contribution in [0.3, 0.4) is 0 Å². The van der Waals surface area contributed by atoms with Gasteiger partial charge in [-0.3, -0.25) is 14.5 Å². The van der Waals surface area contributed by atoms with Crippen molar-refractivity contribution in [2.24, 2.45) is 0 Å². The molecule has 7 nitrogen and oxygen atoms in total. The lowest BCUT2D eigenvalue weighted by Gasteiger charge is -2.08. The van der Waals surface area contributed by atoms with Crippen molar-refractivity contribution in [1.29, 1.82) is 0 Å². The molecule has 3 aromatic rings. The number of ether oxygens (including phenoxy) is 1. The molecule has 8 heteroatoms. The fourth-order valence-corrected chi connectivity index (χ4v) is 3.47. The van der Waals surface area contributed by atoms with E-state index in [-0.39, 0.29) is 10.8 Å². The van der Waals surface area contributed by atoms with E-state index in [2.05, 4.69) is 15.0 Å². The average molecular weight is 409 g/mol. The normalized spacial score (nSPS) is 11.2. The van der Waals surface area contributed by atoms with E-state index >= 15 is 0 Å². The second-order valence-electron chi connectivity index (χ2n) is 5.97. The summed E-state index contributed by atoms with van der Waals surface area (Å²) in [7, 11) is -2.15. The molecule has 0 radical (unpaired) electrons. The lowest BCUT2D eigenvalue weighted by molar-refractivity contribution is -0.111. The Morgan fingerprint density at radius 3 is 2.34 bits per heavy atom. The first kappa shape index (κ1) is 20.1. The maximum absolute atomic E-state index is 12.4. The second-order valence-corrected chi connectivity index (χ2v) is 7.65. The van der Waals surface area contributed by atoms with Crippen LogP contribution in [0.25, 0.3) is 6.08 Å². The number of hydrogen-bond donors (Lipinski definition) is 2. The van der Waals surface area contributed by atoms with E-state index < -0.39 is 10.0 Å². The van der Waals surface area contributed by atoms with Crippen LogP contribution in [0.4, 0.5) is 11.4 Å². The van der Waals surface area contributed by atoms with Crippen LogP contribution in [-0.2, 0) is 14.8 Å². The highest BCUT2D eigenvalue weighted by molar-refractivity contribution is 7.92. The van der Waals surface area contributed by atoms with E-state index in [1.165, 1.54) is 36.5 Å². The fourth-order valence-electron chi connectivity index (χ4n) is 2.43. The largest absolute Gasteiger partial charge is 0.497 e. The van der Waals surface area contributed by atoms with Crippen LogP contribution >= 0.6 is 0 Å². The average Bonchev–Trinajstić information content (AvgIpc) is 2.73. The van der Waals surface area contributed by atoms with Crippen molar-refractivity contribution in [1.82, 2.24) is 4.98 Å². The quantitative estimate of drug-likeness (QED) is 0.582. The third-order valence-corrected chi connectivity index (χ3v) is 5.29. The standard InChI is InChI=1S/C21H19N3O4S/c1-28-19-9-4-16(5-10-19)6-13-21(25)23-17-7-11-20(12-8-17)29(26,27)24-18-3-2-14-22-15-18/h2-15,24H,1H3,(H,23,25)/b13-6+. The van der Waals surface area contributed by atoms with Crippen LogP contribution in [-0.4, -0.2) is 26.4 Å². The van der Waals surface area contributed by atoms with Gasteiger partial charge in [0.15, 0.2) is 0 Å². The molecule has 29 heavy (non-hydrogen) atoms. The number of hydrogen-bond acceptors (Lipinski definition) is 5. The molecule has 0 saturated heterocycles. The Hall–Kier alpha value is -3.65. The van der Waals surface area contributed by atoms with Gasteiger partial charge in [0.2, 0.25) is 5.91 Å². The Balaban J connectivity index is 1.62. The number of carbonyl (C=O) groups excluding carboxylic acids is 1. The Morgan fingerprint density at radius 1 is 1.00 bits per heavy atom. The summed E-state index contributed by atoms with van der Waals surface area (Å²) in [6, 6.07) is 16.4. The third-order valence-electron chi connectivity index (χ3n) is 3.89.